The van der Waals surface area contributed by atoms with E-state index in [1.165, 1.54) is 0 Å². The fourth-order valence-electron chi connectivity index (χ4n) is 2.48. The van der Waals surface area contributed by atoms with Crippen LogP contribution in [0, 0.1) is 0 Å². The second-order valence-corrected chi connectivity index (χ2v) is 5.99. The van der Waals surface area contributed by atoms with Crippen LogP contribution in [-0.4, -0.2) is 18.7 Å². The van der Waals surface area contributed by atoms with E-state index in [0.29, 0.717) is 0 Å². The van der Waals surface area contributed by atoms with Gasteiger partial charge in [0.25, 0.3) is 0 Å². The van der Waals surface area contributed by atoms with Crippen molar-refractivity contribution in [1.82, 2.24) is 0 Å². The second kappa shape index (κ2) is 6.75. The molecule has 122 valence electrons. The third-order valence-corrected chi connectivity index (χ3v) is 3.61. The molecule has 0 radical (unpaired) electrons. The number of carbonyl (C=O) groups excluding carboxylic acids is 1. The van der Waals surface area contributed by atoms with Gasteiger partial charge in [0.2, 0.25) is 0 Å². The smallest absolute Gasteiger partial charge is 0.424 e. The summed E-state index contributed by atoms with van der Waals surface area (Å²) in [5.74, 6) is 1.70. The summed E-state index contributed by atoms with van der Waals surface area (Å²) < 4.78 is 17.0. The van der Waals surface area contributed by atoms with Crippen molar-refractivity contribution in [3.63, 3.8) is 0 Å². The molecule has 0 unspecified atom stereocenters. The van der Waals surface area contributed by atoms with Crippen molar-refractivity contribution in [3.05, 3.63) is 83.6 Å². The molecule has 0 saturated carbocycles. The molecule has 2 aromatic carbocycles. The average molecular weight is 321 g/mol. The Morgan fingerprint density at radius 3 is 2.33 bits per heavy atom. The molecule has 0 atom stereocenters. The summed E-state index contributed by atoms with van der Waals surface area (Å²) in [5.41, 5.74) is 2.11. The lowest BCUT2D eigenvalue weighted by atomic mass is 10.1. The minimum Gasteiger partial charge on any atom is -0.497 e. The Morgan fingerprint density at radius 1 is 0.958 bits per heavy atom. The molecule has 0 saturated heterocycles. The highest BCUT2D eigenvalue weighted by Crippen LogP contribution is 2.24. The first-order chi connectivity index (χ1) is 11.6. The lowest BCUT2D eigenvalue weighted by molar-refractivity contribution is -0.462. The standard InChI is InChI=1S/C21H21O3/c1-21(2)23-19(14-11-16-9-12-18(22-3)13-10-16)15-20(24-21)17-7-5-4-6-8-17/h4-15H,1-3H3/q+1/b14-11+. The van der Waals surface area contributed by atoms with E-state index in [-0.39, 0.29) is 0 Å². The van der Waals surface area contributed by atoms with E-state index in [1.807, 2.05) is 86.7 Å². The van der Waals surface area contributed by atoms with Gasteiger partial charge in [-0.25, -0.2) is 4.42 Å². The van der Waals surface area contributed by atoms with Crippen molar-refractivity contribution in [2.45, 2.75) is 19.6 Å². The van der Waals surface area contributed by atoms with Gasteiger partial charge < -0.3 is 9.47 Å². The molecule has 1 aliphatic rings. The molecule has 0 spiro atoms. The first-order valence-corrected chi connectivity index (χ1v) is 7.90. The van der Waals surface area contributed by atoms with E-state index < -0.39 is 5.79 Å². The minimum absolute atomic E-state index is 0.709. The lowest BCUT2D eigenvalue weighted by Gasteiger charge is -2.17. The van der Waals surface area contributed by atoms with Crippen LogP contribution in [0.4, 0.5) is 0 Å². The molecule has 0 fully saturated rings. The summed E-state index contributed by atoms with van der Waals surface area (Å²) >= 11 is 0. The van der Waals surface area contributed by atoms with Crippen molar-refractivity contribution in [1.29, 1.82) is 0 Å². The Labute approximate surface area is 142 Å². The summed E-state index contributed by atoms with van der Waals surface area (Å²) in [6, 6.07) is 17.9. The zero-order valence-electron chi connectivity index (χ0n) is 14.2. The maximum atomic E-state index is 5.94. The minimum atomic E-state index is -0.709. The highest BCUT2D eigenvalue weighted by molar-refractivity contribution is 6.05. The van der Waals surface area contributed by atoms with E-state index >= 15 is 0 Å². The van der Waals surface area contributed by atoms with Gasteiger partial charge in [-0.05, 0) is 35.9 Å². The quantitative estimate of drug-likeness (QED) is 0.759. The number of allylic oxidation sites excluding steroid dienone is 2. The van der Waals surface area contributed by atoms with Crippen molar-refractivity contribution in [3.8, 4) is 5.75 Å². The number of hydrogen-bond acceptors (Lipinski definition) is 2. The van der Waals surface area contributed by atoms with Crippen molar-refractivity contribution in [2.75, 3.05) is 7.11 Å². The first kappa shape index (κ1) is 16.1. The molecule has 3 nitrogen and oxygen atoms in total. The van der Waals surface area contributed by atoms with Gasteiger partial charge in [-0.1, -0.05) is 36.4 Å². The van der Waals surface area contributed by atoms with Crippen molar-refractivity contribution < 1.29 is 13.9 Å². The van der Waals surface area contributed by atoms with Crippen LogP contribution >= 0.6 is 0 Å². The SMILES string of the molecule is COc1ccc(/C=C/C2=CC(c3ccccc3)=[O+]C(C)(C)O2)cc1. The molecule has 3 rings (SSSR count). The Hall–Kier alpha value is -2.81. The molecule has 0 bridgehead atoms. The van der Waals surface area contributed by atoms with Gasteiger partial charge in [-0.15, -0.1) is 0 Å². The predicted molar refractivity (Wildman–Crippen MR) is 96.0 cm³/mol. The van der Waals surface area contributed by atoms with Gasteiger partial charge in [0.15, 0.2) is 0 Å². The van der Waals surface area contributed by atoms with Crippen molar-refractivity contribution >= 4 is 11.9 Å². The second-order valence-electron chi connectivity index (χ2n) is 5.99. The topological polar surface area (TPSA) is 29.8 Å². The molecule has 0 aliphatic carbocycles. The summed E-state index contributed by atoms with van der Waals surface area (Å²) in [6.07, 6.45) is 5.88. The number of benzene rings is 2. The van der Waals surface area contributed by atoms with Gasteiger partial charge in [0.05, 0.1) is 32.6 Å². The maximum Gasteiger partial charge on any atom is 0.424 e. The zero-order chi connectivity index (χ0) is 17.0. The van der Waals surface area contributed by atoms with Gasteiger partial charge in [0.1, 0.15) is 11.5 Å². The van der Waals surface area contributed by atoms with E-state index in [2.05, 4.69) is 0 Å². The summed E-state index contributed by atoms with van der Waals surface area (Å²) in [6.45, 7) is 3.81. The molecule has 0 N–H and O–H groups in total. The zero-order valence-corrected chi connectivity index (χ0v) is 14.2. The van der Waals surface area contributed by atoms with Crippen LogP contribution in [0.2, 0.25) is 0 Å². The Morgan fingerprint density at radius 2 is 1.67 bits per heavy atom. The molecule has 0 aromatic heterocycles. The van der Waals surface area contributed by atoms with Gasteiger partial charge in [0, 0.05) is 0 Å². The monoisotopic (exact) mass is 321 g/mol. The predicted octanol–water partition coefficient (Wildman–Crippen LogP) is 4.78. The molecule has 1 heterocycles. The highest BCUT2D eigenvalue weighted by Gasteiger charge is 2.37. The van der Waals surface area contributed by atoms with Gasteiger partial charge in [-0.2, -0.15) is 0 Å². The van der Waals surface area contributed by atoms with Crippen LogP contribution in [0.15, 0.2) is 72.5 Å². The molecule has 24 heavy (non-hydrogen) atoms. The van der Waals surface area contributed by atoms with Crippen LogP contribution in [0.3, 0.4) is 0 Å². The van der Waals surface area contributed by atoms with Crippen LogP contribution < -0.4 is 4.74 Å². The third kappa shape index (κ3) is 3.93. The summed E-state index contributed by atoms with van der Waals surface area (Å²) in [5, 5.41) is 0. The first-order valence-electron chi connectivity index (χ1n) is 7.90. The Kier molecular flexibility index (Phi) is 4.52. The molecule has 0 amide bonds. The van der Waals surface area contributed by atoms with E-state index in [0.717, 1.165) is 28.4 Å². The van der Waals surface area contributed by atoms with E-state index in [1.54, 1.807) is 7.11 Å². The number of ether oxygens (including phenoxy) is 2. The maximum absolute atomic E-state index is 5.94. The third-order valence-electron chi connectivity index (χ3n) is 3.61. The van der Waals surface area contributed by atoms with Crippen LogP contribution in [0.25, 0.3) is 6.08 Å². The van der Waals surface area contributed by atoms with Crippen LogP contribution in [-0.2, 0) is 4.74 Å². The average Bonchev–Trinajstić information content (AvgIpc) is 2.60. The number of methoxy groups -OCH3 is 1. The van der Waals surface area contributed by atoms with Crippen LogP contribution in [0.1, 0.15) is 29.4 Å². The largest absolute Gasteiger partial charge is 0.497 e. The molecule has 1 aliphatic heterocycles. The highest BCUT2D eigenvalue weighted by atomic mass is 16.7. The number of ketones is 1. The fourth-order valence-corrected chi connectivity index (χ4v) is 2.48. The summed E-state index contributed by atoms with van der Waals surface area (Å²) in [4.78, 5) is 0. The lowest BCUT2D eigenvalue weighted by Crippen LogP contribution is -2.27. The molecule has 2 aromatic rings. The number of rotatable bonds is 4. The molecule has 3 heteroatoms. The van der Waals surface area contributed by atoms with Crippen LogP contribution in [0.5, 0.6) is 5.75 Å². The molecular weight excluding hydrogens is 300 g/mol. The van der Waals surface area contributed by atoms with E-state index in [4.69, 9.17) is 13.9 Å². The Balaban J connectivity index is 1.85. The Bertz CT molecular complexity index is 782. The summed E-state index contributed by atoms with van der Waals surface area (Å²) in [7, 11) is 1.66. The fraction of sp³-hybridized carbons (Fsp3) is 0.190. The van der Waals surface area contributed by atoms with Gasteiger partial charge >= 0.3 is 11.6 Å². The van der Waals surface area contributed by atoms with E-state index in [9.17, 15) is 0 Å². The number of hydrogen-bond donors (Lipinski definition) is 0. The van der Waals surface area contributed by atoms with Gasteiger partial charge in [-0.3, -0.25) is 0 Å². The molecular formula is C21H21O3+. The van der Waals surface area contributed by atoms with Crippen molar-refractivity contribution in [2.24, 2.45) is 0 Å². The normalized spacial score (nSPS) is 16.3.